The Morgan fingerprint density at radius 2 is 1.79 bits per heavy atom. The van der Waals surface area contributed by atoms with Gasteiger partial charge in [-0.15, -0.1) is 0 Å². The van der Waals surface area contributed by atoms with Gasteiger partial charge in [0.15, 0.2) is 0 Å². The fraction of sp³-hybridized carbons (Fsp3) is 0.600. The van der Waals surface area contributed by atoms with Crippen LogP contribution in [0.25, 0.3) is 0 Å². The number of rotatable bonds is 9. The van der Waals surface area contributed by atoms with E-state index in [1.54, 1.807) is 0 Å². The summed E-state index contributed by atoms with van der Waals surface area (Å²) in [5.74, 6) is 1.63. The van der Waals surface area contributed by atoms with Gasteiger partial charge in [0, 0.05) is 0 Å². The summed E-state index contributed by atoms with van der Waals surface area (Å²) < 4.78 is 11.2. The highest BCUT2D eigenvalue weighted by molar-refractivity contribution is 5.31. The first-order valence-corrected chi connectivity index (χ1v) is 6.84. The van der Waals surface area contributed by atoms with Gasteiger partial charge in [0.05, 0.1) is 25.4 Å². The van der Waals surface area contributed by atoms with Crippen molar-refractivity contribution in [3.63, 3.8) is 0 Å². The van der Waals surface area contributed by atoms with Crippen LogP contribution >= 0.6 is 0 Å². The second-order valence-corrected chi connectivity index (χ2v) is 4.64. The first kappa shape index (κ1) is 15.8. The van der Waals surface area contributed by atoms with Crippen LogP contribution in [0.4, 0.5) is 0 Å². The zero-order chi connectivity index (χ0) is 14.1. The fourth-order valence-electron chi connectivity index (χ4n) is 1.53. The molecule has 0 aliphatic carbocycles. The van der Waals surface area contributed by atoms with Gasteiger partial charge in [-0.1, -0.05) is 6.92 Å². The van der Waals surface area contributed by atoms with Crippen molar-refractivity contribution in [1.29, 1.82) is 0 Å². The Morgan fingerprint density at radius 3 is 2.37 bits per heavy atom. The van der Waals surface area contributed by atoms with Crippen molar-refractivity contribution in [1.82, 2.24) is 0 Å². The second-order valence-electron chi connectivity index (χ2n) is 4.64. The zero-order valence-corrected chi connectivity index (χ0v) is 11.7. The highest BCUT2D eigenvalue weighted by Crippen LogP contribution is 2.19. The number of hydrogen-bond acceptors (Lipinski definition) is 4. The summed E-state index contributed by atoms with van der Waals surface area (Å²) in [5.41, 5.74) is 0. The third-order valence-corrected chi connectivity index (χ3v) is 2.90. The smallest absolute Gasteiger partial charge is 0.119 e. The van der Waals surface area contributed by atoms with Gasteiger partial charge in [-0.05, 0) is 50.5 Å². The van der Waals surface area contributed by atoms with Crippen LogP contribution in [0, 0.1) is 0 Å². The van der Waals surface area contributed by atoms with Gasteiger partial charge in [0.25, 0.3) is 0 Å². The lowest BCUT2D eigenvalue weighted by molar-refractivity contribution is 0.0828. The molecule has 0 radical (unpaired) electrons. The molecule has 2 unspecified atom stereocenters. The Bertz CT molecular complexity index is 337. The molecule has 1 rings (SSSR count). The van der Waals surface area contributed by atoms with Gasteiger partial charge in [-0.25, -0.2) is 0 Å². The van der Waals surface area contributed by atoms with Gasteiger partial charge < -0.3 is 19.7 Å². The molecule has 1 aromatic carbocycles. The van der Waals surface area contributed by atoms with E-state index in [9.17, 15) is 5.11 Å². The quantitative estimate of drug-likeness (QED) is 0.675. The van der Waals surface area contributed by atoms with Crippen molar-refractivity contribution in [2.24, 2.45) is 0 Å². The minimum atomic E-state index is -0.644. The average Bonchev–Trinajstić information content (AvgIpc) is 2.44. The molecule has 4 nitrogen and oxygen atoms in total. The normalized spacial score (nSPS) is 13.9. The highest BCUT2D eigenvalue weighted by Gasteiger charge is 2.03. The summed E-state index contributed by atoms with van der Waals surface area (Å²) in [6.07, 6.45) is 1.81. The van der Waals surface area contributed by atoms with Crippen molar-refractivity contribution in [3.05, 3.63) is 24.3 Å². The fourth-order valence-corrected chi connectivity index (χ4v) is 1.53. The van der Waals surface area contributed by atoms with Gasteiger partial charge in [0.2, 0.25) is 0 Å². The lowest BCUT2D eigenvalue weighted by Crippen LogP contribution is -2.13. The predicted molar refractivity (Wildman–Crippen MR) is 74.6 cm³/mol. The molecule has 0 aromatic heterocycles. The van der Waals surface area contributed by atoms with Gasteiger partial charge >= 0.3 is 0 Å². The number of aliphatic hydroxyl groups is 2. The van der Waals surface area contributed by atoms with E-state index in [0.717, 1.165) is 17.9 Å². The maximum Gasteiger partial charge on any atom is 0.119 e. The largest absolute Gasteiger partial charge is 0.494 e. The first-order valence-electron chi connectivity index (χ1n) is 6.84. The number of benzene rings is 1. The molecule has 0 fully saturated rings. The molecule has 0 saturated carbocycles. The standard InChI is InChI=1S/C15H24O4/c1-3-12(2)19-15-8-6-14(7-9-15)18-10-4-5-13(17)11-16/h6-9,12-13,16-17H,3-5,10-11H2,1-2H3. The second kappa shape index (κ2) is 8.77. The topological polar surface area (TPSA) is 58.9 Å². The molecule has 0 amide bonds. The van der Waals surface area contributed by atoms with E-state index in [-0.39, 0.29) is 12.7 Å². The van der Waals surface area contributed by atoms with E-state index in [0.29, 0.717) is 19.4 Å². The van der Waals surface area contributed by atoms with Crippen molar-refractivity contribution in [3.8, 4) is 11.5 Å². The monoisotopic (exact) mass is 268 g/mol. The van der Waals surface area contributed by atoms with E-state index < -0.39 is 6.10 Å². The Hall–Kier alpha value is -1.26. The molecule has 2 N–H and O–H groups in total. The third-order valence-electron chi connectivity index (χ3n) is 2.90. The zero-order valence-electron chi connectivity index (χ0n) is 11.7. The molecule has 19 heavy (non-hydrogen) atoms. The van der Waals surface area contributed by atoms with Crippen LogP contribution in [0.5, 0.6) is 11.5 Å². The summed E-state index contributed by atoms with van der Waals surface area (Å²) in [6, 6.07) is 7.54. The van der Waals surface area contributed by atoms with Crippen LogP contribution in [0.15, 0.2) is 24.3 Å². The molecule has 0 aliphatic rings. The maximum absolute atomic E-state index is 9.18. The molecule has 0 saturated heterocycles. The van der Waals surface area contributed by atoms with Crippen LogP contribution in [0.3, 0.4) is 0 Å². The molecule has 4 heteroatoms. The van der Waals surface area contributed by atoms with Crippen LogP contribution in [-0.2, 0) is 0 Å². The molecule has 0 heterocycles. The van der Waals surface area contributed by atoms with E-state index in [1.807, 2.05) is 31.2 Å². The Labute approximate surface area is 115 Å². The summed E-state index contributed by atoms with van der Waals surface area (Å²) in [5, 5.41) is 17.8. The predicted octanol–water partition coefficient (Wildman–Crippen LogP) is 2.38. The molecular weight excluding hydrogens is 244 g/mol. The highest BCUT2D eigenvalue weighted by atomic mass is 16.5. The maximum atomic E-state index is 9.18. The van der Waals surface area contributed by atoms with Gasteiger partial charge in [-0.2, -0.15) is 0 Å². The Morgan fingerprint density at radius 1 is 1.16 bits per heavy atom. The molecule has 1 aromatic rings. The molecule has 0 spiro atoms. The summed E-state index contributed by atoms with van der Waals surface area (Å²) in [7, 11) is 0. The first-order chi connectivity index (χ1) is 9.15. The Balaban J connectivity index is 2.28. The van der Waals surface area contributed by atoms with E-state index in [1.165, 1.54) is 0 Å². The minimum absolute atomic E-state index is 0.193. The van der Waals surface area contributed by atoms with Crippen LogP contribution in [-0.4, -0.2) is 35.6 Å². The van der Waals surface area contributed by atoms with Gasteiger partial charge in [-0.3, -0.25) is 0 Å². The van der Waals surface area contributed by atoms with Crippen LogP contribution in [0.1, 0.15) is 33.1 Å². The molecule has 108 valence electrons. The average molecular weight is 268 g/mol. The van der Waals surface area contributed by atoms with Crippen molar-refractivity contribution < 1.29 is 19.7 Å². The van der Waals surface area contributed by atoms with Crippen molar-refractivity contribution in [2.45, 2.75) is 45.3 Å². The van der Waals surface area contributed by atoms with Crippen molar-refractivity contribution >= 4 is 0 Å². The van der Waals surface area contributed by atoms with Crippen LogP contribution < -0.4 is 9.47 Å². The minimum Gasteiger partial charge on any atom is -0.494 e. The van der Waals surface area contributed by atoms with E-state index >= 15 is 0 Å². The SMILES string of the molecule is CCC(C)Oc1ccc(OCCCC(O)CO)cc1. The molecule has 0 aliphatic heterocycles. The Kier molecular flexibility index (Phi) is 7.30. The summed E-state index contributed by atoms with van der Waals surface area (Å²) >= 11 is 0. The number of aliphatic hydroxyl groups excluding tert-OH is 2. The third kappa shape index (κ3) is 6.45. The van der Waals surface area contributed by atoms with Crippen molar-refractivity contribution in [2.75, 3.05) is 13.2 Å². The molecular formula is C15H24O4. The number of hydrogen-bond donors (Lipinski definition) is 2. The summed E-state index contributed by atoms with van der Waals surface area (Å²) in [4.78, 5) is 0. The van der Waals surface area contributed by atoms with E-state index in [2.05, 4.69) is 6.92 Å². The number of ether oxygens (including phenoxy) is 2. The lowest BCUT2D eigenvalue weighted by atomic mass is 10.2. The molecule has 2 atom stereocenters. The summed E-state index contributed by atoms with van der Waals surface area (Å²) in [6.45, 7) is 4.46. The molecule has 0 bridgehead atoms. The van der Waals surface area contributed by atoms with Gasteiger partial charge in [0.1, 0.15) is 11.5 Å². The van der Waals surface area contributed by atoms with Crippen LogP contribution in [0.2, 0.25) is 0 Å². The van der Waals surface area contributed by atoms with E-state index in [4.69, 9.17) is 14.6 Å². The lowest BCUT2D eigenvalue weighted by Gasteiger charge is -2.13.